The maximum atomic E-state index is 6.02. The van der Waals surface area contributed by atoms with Crippen molar-refractivity contribution in [3.05, 3.63) is 36.2 Å². The molecular weight excluding hydrogens is 299 g/mol. The number of nitrogens with one attached hydrogen (secondary N) is 2. The summed E-state index contributed by atoms with van der Waals surface area (Å²) in [5.41, 5.74) is 2.60. The molecule has 4 rings (SSSR count). The Morgan fingerprint density at radius 2 is 2.25 bits per heavy atom. The molecule has 0 unspecified atom stereocenters. The number of fused-ring (bicyclic) bond motifs is 1. The average Bonchev–Trinajstić information content (AvgIpc) is 2.90. The molecule has 2 radical (unpaired) electrons. The Hall–Kier alpha value is -2.44. The lowest BCUT2D eigenvalue weighted by molar-refractivity contribution is 0.444. The third-order valence-corrected chi connectivity index (χ3v) is 4.58. The molecule has 2 aromatic rings. The molecule has 2 aromatic heterocycles. The first-order valence-corrected chi connectivity index (χ1v) is 8.40. The fourth-order valence-electron chi connectivity index (χ4n) is 3.01. The highest BCUT2D eigenvalue weighted by Gasteiger charge is 2.18. The fourth-order valence-corrected chi connectivity index (χ4v) is 3.01. The monoisotopic (exact) mass is 320 g/mol. The summed E-state index contributed by atoms with van der Waals surface area (Å²) in [6.07, 6.45) is 11.6. The first-order valence-electron chi connectivity index (χ1n) is 8.40. The minimum atomic E-state index is 0.525. The lowest BCUT2D eigenvalue weighted by Crippen LogP contribution is -2.28. The highest BCUT2D eigenvalue weighted by molar-refractivity contribution is 6.36. The van der Waals surface area contributed by atoms with Gasteiger partial charge in [-0.1, -0.05) is 6.08 Å². The molecule has 0 aromatic carbocycles. The standard InChI is InChI=1S/C17H21BN6/c1-23-7-3-4-12(11-23)9-19-16-8-15(21-13-5-2-6-13)22-17-14(18)10-20-24(16)17/h3-4,7-8,10,13,19H,2,5-6,9,11H2,1H3,(H,21,22). The van der Waals surface area contributed by atoms with Crippen LogP contribution in [0.4, 0.5) is 11.6 Å². The number of anilines is 2. The first-order chi connectivity index (χ1) is 11.7. The Balaban J connectivity index is 1.58. The zero-order chi connectivity index (χ0) is 16.5. The van der Waals surface area contributed by atoms with Crippen LogP contribution in [0.2, 0.25) is 0 Å². The maximum absolute atomic E-state index is 6.02. The Bertz CT molecular complexity index is 805. The van der Waals surface area contributed by atoms with Gasteiger partial charge in [-0.05, 0) is 42.6 Å². The predicted octanol–water partition coefficient (Wildman–Crippen LogP) is 1.28. The van der Waals surface area contributed by atoms with Crippen LogP contribution in [0.15, 0.2) is 36.2 Å². The zero-order valence-electron chi connectivity index (χ0n) is 13.9. The topological polar surface area (TPSA) is 57.5 Å². The van der Waals surface area contributed by atoms with Gasteiger partial charge in [0, 0.05) is 38.4 Å². The summed E-state index contributed by atoms with van der Waals surface area (Å²) >= 11 is 0. The number of allylic oxidation sites excluding steroid dienone is 2. The van der Waals surface area contributed by atoms with E-state index in [0.717, 1.165) is 24.7 Å². The molecule has 1 fully saturated rings. The van der Waals surface area contributed by atoms with Gasteiger partial charge in [-0.3, -0.25) is 0 Å². The molecule has 3 heterocycles. The van der Waals surface area contributed by atoms with Gasteiger partial charge in [-0.15, -0.1) is 0 Å². The van der Waals surface area contributed by atoms with E-state index in [1.54, 1.807) is 10.7 Å². The fraction of sp³-hybridized carbons (Fsp3) is 0.412. The van der Waals surface area contributed by atoms with Crippen molar-refractivity contribution < 1.29 is 0 Å². The second-order valence-electron chi connectivity index (χ2n) is 6.57. The van der Waals surface area contributed by atoms with Gasteiger partial charge in [0.15, 0.2) is 5.65 Å². The normalized spacial score (nSPS) is 17.7. The van der Waals surface area contributed by atoms with Gasteiger partial charge < -0.3 is 15.5 Å². The van der Waals surface area contributed by atoms with Crippen molar-refractivity contribution >= 4 is 30.6 Å². The van der Waals surface area contributed by atoms with Gasteiger partial charge in [-0.2, -0.15) is 9.61 Å². The minimum Gasteiger partial charge on any atom is -0.376 e. The highest BCUT2D eigenvalue weighted by atomic mass is 15.3. The molecule has 0 amide bonds. The van der Waals surface area contributed by atoms with E-state index in [4.69, 9.17) is 7.85 Å². The van der Waals surface area contributed by atoms with Gasteiger partial charge in [0.1, 0.15) is 19.5 Å². The summed E-state index contributed by atoms with van der Waals surface area (Å²) in [7, 11) is 8.09. The van der Waals surface area contributed by atoms with Crippen LogP contribution in [0.5, 0.6) is 0 Å². The van der Waals surface area contributed by atoms with Crippen LogP contribution in [0.25, 0.3) is 5.65 Å². The number of aromatic nitrogens is 3. The summed E-state index contributed by atoms with van der Waals surface area (Å²) in [5, 5.41) is 11.3. The predicted molar refractivity (Wildman–Crippen MR) is 98.0 cm³/mol. The molecule has 0 spiro atoms. The van der Waals surface area contributed by atoms with Gasteiger partial charge in [0.05, 0.1) is 0 Å². The minimum absolute atomic E-state index is 0.525. The van der Waals surface area contributed by atoms with Crippen molar-refractivity contribution in [1.82, 2.24) is 19.5 Å². The van der Waals surface area contributed by atoms with Crippen LogP contribution in [0, 0.1) is 0 Å². The highest BCUT2D eigenvalue weighted by Crippen LogP contribution is 2.24. The van der Waals surface area contributed by atoms with Crippen LogP contribution in [-0.4, -0.2) is 53.5 Å². The van der Waals surface area contributed by atoms with E-state index in [9.17, 15) is 0 Å². The van der Waals surface area contributed by atoms with E-state index < -0.39 is 0 Å². The van der Waals surface area contributed by atoms with E-state index in [-0.39, 0.29) is 0 Å². The van der Waals surface area contributed by atoms with Crippen molar-refractivity contribution in [2.24, 2.45) is 0 Å². The van der Waals surface area contributed by atoms with E-state index in [1.807, 2.05) is 6.07 Å². The molecule has 1 aliphatic heterocycles. The van der Waals surface area contributed by atoms with Gasteiger partial charge >= 0.3 is 0 Å². The molecular formula is C17H21BN6. The molecule has 2 N–H and O–H groups in total. The van der Waals surface area contributed by atoms with Gasteiger partial charge in [0.2, 0.25) is 0 Å². The number of likely N-dealkylation sites (N-methyl/N-ethyl adjacent to an activating group) is 1. The second kappa shape index (κ2) is 6.22. The number of hydrogen-bond donors (Lipinski definition) is 2. The van der Waals surface area contributed by atoms with Crippen molar-refractivity contribution in [3.63, 3.8) is 0 Å². The van der Waals surface area contributed by atoms with Gasteiger partial charge in [0.25, 0.3) is 0 Å². The molecule has 1 aliphatic carbocycles. The summed E-state index contributed by atoms with van der Waals surface area (Å²) in [6.45, 7) is 1.68. The lowest BCUT2D eigenvalue weighted by atomic mass is 9.93. The van der Waals surface area contributed by atoms with Gasteiger partial charge in [-0.25, -0.2) is 4.98 Å². The molecule has 2 aliphatic rings. The Labute approximate surface area is 143 Å². The molecule has 24 heavy (non-hydrogen) atoms. The van der Waals surface area contributed by atoms with Crippen molar-refractivity contribution in [2.45, 2.75) is 25.3 Å². The smallest absolute Gasteiger partial charge is 0.152 e. The van der Waals surface area contributed by atoms with Crippen molar-refractivity contribution in [2.75, 3.05) is 30.8 Å². The molecule has 0 bridgehead atoms. The summed E-state index contributed by atoms with van der Waals surface area (Å²) < 4.78 is 1.77. The Kier molecular flexibility index (Phi) is 3.92. The molecule has 122 valence electrons. The SMILES string of the molecule is [B]c1cnn2c(NCC3=CC=CN(C)C3)cc(NC3CCC3)nc12. The Morgan fingerprint density at radius 1 is 1.38 bits per heavy atom. The van der Waals surface area contributed by atoms with Crippen LogP contribution >= 0.6 is 0 Å². The third kappa shape index (κ3) is 2.98. The van der Waals surface area contributed by atoms with E-state index in [1.165, 1.54) is 24.8 Å². The first kappa shape index (κ1) is 15.1. The largest absolute Gasteiger partial charge is 0.376 e. The molecule has 7 heteroatoms. The summed E-state index contributed by atoms with van der Waals surface area (Å²) in [4.78, 5) is 6.78. The lowest BCUT2D eigenvalue weighted by Gasteiger charge is -2.27. The quantitative estimate of drug-likeness (QED) is 0.813. The van der Waals surface area contributed by atoms with Crippen molar-refractivity contribution in [3.8, 4) is 0 Å². The maximum Gasteiger partial charge on any atom is 0.152 e. The van der Waals surface area contributed by atoms with Crippen LogP contribution < -0.4 is 16.1 Å². The molecule has 0 atom stereocenters. The number of hydrogen-bond acceptors (Lipinski definition) is 5. The van der Waals surface area contributed by atoms with Crippen LogP contribution in [0.3, 0.4) is 0 Å². The van der Waals surface area contributed by atoms with E-state index in [2.05, 4.69) is 51.0 Å². The van der Waals surface area contributed by atoms with E-state index >= 15 is 0 Å². The Morgan fingerprint density at radius 3 is 3.00 bits per heavy atom. The van der Waals surface area contributed by atoms with Crippen LogP contribution in [0.1, 0.15) is 19.3 Å². The summed E-state index contributed by atoms with van der Waals surface area (Å²) in [6, 6.07) is 2.54. The average molecular weight is 320 g/mol. The summed E-state index contributed by atoms with van der Waals surface area (Å²) in [5.74, 6) is 1.76. The second-order valence-corrected chi connectivity index (χ2v) is 6.57. The number of rotatable bonds is 5. The third-order valence-electron chi connectivity index (χ3n) is 4.58. The molecule has 0 saturated heterocycles. The van der Waals surface area contributed by atoms with E-state index in [0.29, 0.717) is 17.2 Å². The van der Waals surface area contributed by atoms with Crippen molar-refractivity contribution in [1.29, 1.82) is 0 Å². The molecule has 6 nitrogen and oxygen atoms in total. The zero-order valence-corrected chi connectivity index (χ0v) is 13.9. The number of nitrogens with zero attached hydrogens (tertiary/aromatic N) is 4. The molecule has 1 saturated carbocycles. The van der Waals surface area contributed by atoms with Crippen LogP contribution in [-0.2, 0) is 0 Å².